The first-order valence-electron chi connectivity index (χ1n) is 19.9. The quantitative estimate of drug-likeness (QED) is 0.0704. The van der Waals surface area contributed by atoms with Crippen molar-refractivity contribution in [2.24, 2.45) is 0 Å². The molecule has 0 radical (unpaired) electrons. The molecule has 0 spiro atoms. The minimum absolute atomic E-state index is 0.0484. The fourth-order valence-corrected chi connectivity index (χ4v) is 7.71. The van der Waals surface area contributed by atoms with Gasteiger partial charge in [0.25, 0.3) is 0 Å². The Bertz CT molecular complexity index is 2350. The first-order valence-corrected chi connectivity index (χ1v) is 21.4. The molecular weight excluding hydrogens is 847 g/mol. The van der Waals surface area contributed by atoms with E-state index in [1.54, 1.807) is 87.4 Å². The Morgan fingerprint density at radius 3 is 2.00 bits per heavy atom. The fraction of sp³-hybridized carbons (Fsp3) is 0.550. The van der Waals surface area contributed by atoms with E-state index in [9.17, 15) is 34.0 Å². The molecule has 1 aromatic carbocycles. The predicted molar refractivity (Wildman–Crippen MR) is 226 cm³/mol. The number of aromatic nitrogens is 5. The van der Waals surface area contributed by atoms with Crippen molar-refractivity contribution in [1.82, 2.24) is 29.6 Å². The number of carbonyl (C=O) groups excluding carboxylic acids is 4. The van der Waals surface area contributed by atoms with Crippen molar-refractivity contribution in [2.45, 2.75) is 130 Å². The number of aliphatic hydroxyl groups excluding tert-OH is 1. The number of rotatable bonds is 12. The highest BCUT2D eigenvalue weighted by atomic mass is 31.2. The molecule has 344 valence electrons. The van der Waals surface area contributed by atoms with Gasteiger partial charge in [0.15, 0.2) is 12.0 Å². The molecule has 0 bridgehead atoms. The van der Waals surface area contributed by atoms with Crippen LogP contribution < -0.4 is 19.8 Å². The van der Waals surface area contributed by atoms with Crippen LogP contribution in [-0.2, 0) is 37.6 Å². The molecular formula is C40H55N8O14P. The van der Waals surface area contributed by atoms with E-state index < -0.39 is 91.3 Å². The van der Waals surface area contributed by atoms with Crippen LogP contribution in [0.2, 0.25) is 0 Å². The van der Waals surface area contributed by atoms with Gasteiger partial charge in [0, 0.05) is 0 Å². The Morgan fingerprint density at radius 1 is 0.889 bits per heavy atom. The van der Waals surface area contributed by atoms with E-state index in [-0.39, 0.29) is 40.2 Å². The van der Waals surface area contributed by atoms with Gasteiger partial charge in [0.1, 0.15) is 76.2 Å². The molecule has 5 rings (SSSR count). The van der Waals surface area contributed by atoms with Crippen LogP contribution >= 0.6 is 7.75 Å². The summed E-state index contributed by atoms with van der Waals surface area (Å²) in [5, 5.41) is 28.7. The van der Waals surface area contributed by atoms with E-state index in [0.717, 1.165) is 12.7 Å². The maximum atomic E-state index is 14.3. The number of hydrogen-bond acceptors (Lipinski definition) is 18. The van der Waals surface area contributed by atoms with Crippen molar-refractivity contribution in [3.05, 3.63) is 43.0 Å². The summed E-state index contributed by atoms with van der Waals surface area (Å²) < 4.78 is 55.1. The first kappa shape index (κ1) is 48.5. The zero-order chi connectivity index (χ0) is 46.9. The van der Waals surface area contributed by atoms with Crippen LogP contribution in [0, 0.1) is 0 Å². The van der Waals surface area contributed by atoms with E-state index in [4.69, 9.17) is 32.7 Å². The van der Waals surface area contributed by atoms with Crippen LogP contribution in [0.15, 0.2) is 43.0 Å². The lowest BCUT2D eigenvalue weighted by Gasteiger charge is -2.29. The molecule has 4 aromatic rings. The lowest BCUT2D eigenvalue weighted by atomic mass is 9.96. The summed E-state index contributed by atoms with van der Waals surface area (Å²) in [6.07, 6.45) is -6.13. The van der Waals surface area contributed by atoms with Crippen molar-refractivity contribution in [1.29, 1.82) is 0 Å². The Labute approximate surface area is 363 Å². The second-order valence-electron chi connectivity index (χ2n) is 17.6. The summed E-state index contributed by atoms with van der Waals surface area (Å²) in [7, 11) is -4.47. The summed E-state index contributed by atoms with van der Waals surface area (Å²) in [6, 6.07) is 6.79. The number of nitrogens with zero attached hydrogens (tertiary/aromatic N) is 6. The molecule has 1 aliphatic heterocycles. The zero-order valence-corrected chi connectivity index (χ0v) is 38.1. The predicted octanol–water partition coefficient (Wildman–Crippen LogP) is 6.15. The molecule has 1 fully saturated rings. The molecule has 0 saturated carbocycles. The van der Waals surface area contributed by atoms with Crippen LogP contribution in [0.4, 0.5) is 26.0 Å². The van der Waals surface area contributed by atoms with Gasteiger partial charge in [-0.3, -0.25) is 19.2 Å². The van der Waals surface area contributed by atoms with Gasteiger partial charge < -0.3 is 38.4 Å². The average Bonchev–Trinajstić information content (AvgIpc) is 3.59. The van der Waals surface area contributed by atoms with Crippen molar-refractivity contribution < 1.29 is 66.7 Å². The number of imide groups is 1. The number of nitrogens with one attached hydrogen (secondary N) is 2. The Balaban J connectivity index is 1.67. The number of amides is 3. The van der Waals surface area contributed by atoms with Crippen molar-refractivity contribution in [3.8, 4) is 5.75 Å². The average molecular weight is 903 g/mol. The topological polar surface area (TPSA) is 274 Å². The van der Waals surface area contributed by atoms with Gasteiger partial charge in [-0.15, -0.1) is 0 Å². The maximum Gasteiger partial charge on any atom is 0.459 e. The van der Waals surface area contributed by atoms with Crippen LogP contribution in [0.5, 0.6) is 5.75 Å². The van der Waals surface area contributed by atoms with Gasteiger partial charge in [0.2, 0.25) is 0 Å². The van der Waals surface area contributed by atoms with Crippen LogP contribution in [0.3, 0.4) is 0 Å². The minimum atomic E-state index is -4.47. The summed E-state index contributed by atoms with van der Waals surface area (Å²) in [5.41, 5.74) is -5.68. The molecule has 23 heteroatoms. The minimum Gasteiger partial charge on any atom is -0.465 e. The summed E-state index contributed by atoms with van der Waals surface area (Å²) >= 11 is 0. The van der Waals surface area contributed by atoms with E-state index in [0.29, 0.717) is 4.90 Å². The molecule has 3 aromatic heterocycles. The normalized spacial score (nSPS) is 20.7. The van der Waals surface area contributed by atoms with Crippen LogP contribution in [-0.4, -0.2) is 113 Å². The third kappa shape index (κ3) is 11.6. The molecule has 3 amide bonds. The lowest BCUT2D eigenvalue weighted by molar-refractivity contribution is -0.144. The second kappa shape index (κ2) is 18.3. The largest absolute Gasteiger partial charge is 0.465 e. The van der Waals surface area contributed by atoms with E-state index in [1.165, 1.54) is 30.5 Å². The molecule has 4 N–H and O–H groups in total. The van der Waals surface area contributed by atoms with E-state index in [2.05, 4.69) is 30.3 Å². The lowest BCUT2D eigenvalue weighted by Crippen LogP contribution is -2.45. The maximum absolute atomic E-state index is 14.3. The number of para-hydroxylation sites is 1. The summed E-state index contributed by atoms with van der Waals surface area (Å²) in [4.78, 5) is 71.8. The number of anilines is 2. The van der Waals surface area contributed by atoms with Gasteiger partial charge in [-0.1, -0.05) is 18.2 Å². The summed E-state index contributed by atoms with van der Waals surface area (Å²) in [5.74, 6) is -1.25. The third-order valence-electron chi connectivity index (χ3n) is 8.68. The number of hydrogen-bond donors (Lipinski definition) is 4. The second-order valence-corrected chi connectivity index (χ2v) is 19.3. The third-order valence-corrected chi connectivity index (χ3v) is 10.3. The number of carbonyl (C=O) groups is 4. The molecule has 1 unspecified atom stereocenters. The SMILES string of the molecule is CCOC(=O)[C@H](C)NP(=O)(OC[C@H]1O[C@@H](n2c3ncnc(NC(=O)OC(C)(C)C)c3c3c(N(C(=O)OC(C)(C)C)C(=O)OC(C)(C)C)ncnc32)[C@](C)(O)[C@@H]1O)Oc1ccccc1. The number of fused-ring (bicyclic) bond motifs is 3. The first-order chi connectivity index (χ1) is 29.1. The van der Waals surface area contributed by atoms with Gasteiger partial charge in [-0.05, 0) is 95.2 Å². The Kier molecular flexibility index (Phi) is 14.1. The Hall–Kier alpha value is -5.51. The van der Waals surface area contributed by atoms with Crippen molar-refractivity contribution >= 4 is 65.7 Å². The van der Waals surface area contributed by atoms with Gasteiger partial charge in [-0.2, -0.15) is 9.99 Å². The number of benzene rings is 1. The van der Waals surface area contributed by atoms with E-state index >= 15 is 0 Å². The molecule has 63 heavy (non-hydrogen) atoms. The molecule has 22 nitrogen and oxygen atoms in total. The van der Waals surface area contributed by atoms with E-state index in [1.807, 2.05) is 0 Å². The highest BCUT2D eigenvalue weighted by Crippen LogP contribution is 2.49. The molecule has 6 atom stereocenters. The highest BCUT2D eigenvalue weighted by Gasteiger charge is 2.55. The van der Waals surface area contributed by atoms with Gasteiger partial charge in [0.05, 0.1) is 24.0 Å². The zero-order valence-electron chi connectivity index (χ0n) is 37.2. The van der Waals surface area contributed by atoms with Gasteiger partial charge >= 0.3 is 32.0 Å². The van der Waals surface area contributed by atoms with Crippen LogP contribution in [0.25, 0.3) is 22.1 Å². The fourth-order valence-electron chi connectivity index (χ4n) is 6.20. The summed E-state index contributed by atoms with van der Waals surface area (Å²) in [6.45, 7) is 18.1. The Morgan fingerprint density at radius 2 is 1.44 bits per heavy atom. The van der Waals surface area contributed by atoms with Crippen molar-refractivity contribution in [3.63, 3.8) is 0 Å². The monoisotopic (exact) mass is 902 g/mol. The number of esters is 1. The molecule has 1 saturated heterocycles. The molecule has 1 aliphatic rings. The smallest absolute Gasteiger partial charge is 0.459 e. The number of ether oxygens (including phenoxy) is 5. The molecule has 0 aliphatic carbocycles. The standard InChI is InChI=1S/C40H55N8O14P/c1-13-56-32(50)22(2)46-63(55,62-23-17-15-14-16-18-23)57-19-24-27(49)40(12,54)33(58-24)47-29-25(28(41-20-42-29)45-34(51)59-37(3,4)5)26-30(47)43-21-44-31(26)48(35(52)60-38(6,7)8)36(53)61-39(9,10)11/h14-18,20-22,24,27,33,49,54H,13,19H2,1-12H3,(H,46,55)(H,41,42,45,51)/t22-,24+,27+,33+,40+,63?/m0/s1. The number of aliphatic hydroxyl groups is 2. The van der Waals surface area contributed by atoms with Crippen molar-refractivity contribution in [2.75, 3.05) is 23.4 Å². The highest BCUT2D eigenvalue weighted by molar-refractivity contribution is 7.52. The van der Waals surface area contributed by atoms with Crippen LogP contribution in [0.1, 0.15) is 89.3 Å². The molecule has 4 heterocycles. The van der Waals surface area contributed by atoms with Gasteiger partial charge in [-0.25, -0.2) is 38.9 Å².